The number of benzene rings is 1. The molecule has 4 heterocycles. The number of rotatable bonds is 4. The Morgan fingerprint density at radius 2 is 1.86 bits per heavy atom. The highest BCUT2D eigenvalue weighted by Gasteiger charge is 2.21. The number of aryl methyl sites for hydroxylation is 1. The van der Waals surface area contributed by atoms with Crippen molar-refractivity contribution in [3.8, 4) is 11.1 Å². The third-order valence-corrected chi connectivity index (χ3v) is 6.38. The Labute approximate surface area is 208 Å². The second-order valence-corrected chi connectivity index (χ2v) is 8.85. The number of carbonyl (C=O) groups excluding carboxylic acids is 2. The third-order valence-electron chi connectivity index (χ3n) is 6.38. The lowest BCUT2D eigenvalue weighted by Gasteiger charge is -2.28. The standard InChI is InChI=1S/C28H26N6O2/c1-18-5-9-30-16-22(18)20-13-21-15-26(32-17-23(21)24(29)14-20)33-27(35)12-19-6-10-34(11-7-19)28(36)25-4-2-3-8-31-25/h2-5,8-9,12-17H,6-7,10-11,29H2,1H3,(H,32,33,35). The number of piperidine rings is 1. The second kappa shape index (κ2) is 9.95. The lowest BCUT2D eigenvalue weighted by atomic mass is 9.99. The molecule has 36 heavy (non-hydrogen) atoms. The first-order chi connectivity index (χ1) is 17.5. The molecular formula is C28H26N6O2. The van der Waals surface area contributed by atoms with E-state index in [0.29, 0.717) is 43.1 Å². The highest BCUT2D eigenvalue weighted by atomic mass is 16.2. The van der Waals surface area contributed by atoms with Crippen molar-refractivity contribution in [2.75, 3.05) is 24.1 Å². The number of hydrogen-bond donors (Lipinski definition) is 2. The molecule has 0 aliphatic carbocycles. The topological polar surface area (TPSA) is 114 Å². The number of pyridine rings is 3. The van der Waals surface area contributed by atoms with Gasteiger partial charge in [0.25, 0.3) is 5.91 Å². The van der Waals surface area contributed by atoms with Crippen LogP contribution in [0.2, 0.25) is 0 Å². The largest absolute Gasteiger partial charge is 0.398 e. The van der Waals surface area contributed by atoms with Crippen LogP contribution in [-0.2, 0) is 4.79 Å². The summed E-state index contributed by atoms with van der Waals surface area (Å²) in [6.07, 6.45) is 9.76. The molecule has 1 aromatic carbocycles. The number of fused-ring (bicyclic) bond motifs is 1. The van der Waals surface area contributed by atoms with Gasteiger partial charge in [-0.15, -0.1) is 0 Å². The Balaban J connectivity index is 1.28. The Morgan fingerprint density at radius 3 is 2.61 bits per heavy atom. The van der Waals surface area contributed by atoms with Gasteiger partial charge in [-0.25, -0.2) is 4.98 Å². The van der Waals surface area contributed by atoms with Crippen molar-refractivity contribution in [3.63, 3.8) is 0 Å². The molecule has 5 rings (SSSR count). The van der Waals surface area contributed by atoms with Crippen molar-refractivity contribution in [2.24, 2.45) is 0 Å². The van der Waals surface area contributed by atoms with E-state index in [9.17, 15) is 9.59 Å². The molecule has 4 aromatic rings. The molecule has 3 N–H and O–H groups in total. The summed E-state index contributed by atoms with van der Waals surface area (Å²) in [7, 11) is 0. The Hall–Kier alpha value is -4.59. The van der Waals surface area contributed by atoms with Gasteiger partial charge < -0.3 is 16.0 Å². The third kappa shape index (κ3) is 4.93. The number of likely N-dealkylation sites (tertiary alicyclic amines) is 1. The molecule has 0 atom stereocenters. The lowest BCUT2D eigenvalue weighted by Crippen LogP contribution is -2.37. The summed E-state index contributed by atoms with van der Waals surface area (Å²) >= 11 is 0. The van der Waals surface area contributed by atoms with E-state index >= 15 is 0 Å². The van der Waals surface area contributed by atoms with Crippen molar-refractivity contribution < 1.29 is 9.59 Å². The Morgan fingerprint density at radius 1 is 1.03 bits per heavy atom. The van der Waals surface area contributed by atoms with E-state index in [2.05, 4.69) is 20.3 Å². The zero-order valence-electron chi connectivity index (χ0n) is 19.9. The summed E-state index contributed by atoms with van der Waals surface area (Å²) in [4.78, 5) is 39.8. The van der Waals surface area contributed by atoms with Gasteiger partial charge in [0.05, 0.1) is 0 Å². The van der Waals surface area contributed by atoms with E-state index in [1.807, 2.05) is 37.4 Å². The minimum absolute atomic E-state index is 0.0837. The molecule has 1 saturated heterocycles. The molecule has 0 bridgehead atoms. The smallest absolute Gasteiger partial charge is 0.272 e. The van der Waals surface area contributed by atoms with Crippen LogP contribution < -0.4 is 11.1 Å². The molecule has 0 unspecified atom stereocenters. The van der Waals surface area contributed by atoms with Crippen molar-refractivity contribution >= 4 is 34.1 Å². The maximum absolute atomic E-state index is 12.7. The van der Waals surface area contributed by atoms with Gasteiger partial charge in [-0.2, -0.15) is 0 Å². The van der Waals surface area contributed by atoms with Crippen LogP contribution in [0.15, 0.2) is 78.9 Å². The normalized spacial score (nSPS) is 13.5. The van der Waals surface area contributed by atoms with Crippen molar-refractivity contribution in [1.82, 2.24) is 19.9 Å². The fraction of sp³-hybridized carbons (Fsp3) is 0.179. The fourth-order valence-electron chi connectivity index (χ4n) is 4.42. The van der Waals surface area contributed by atoms with E-state index in [-0.39, 0.29) is 11.8 Å². The van der Waals surface area contributed by atoms with Crippen molar-refractivity contribution in [1.29, 1.82) is 0 Å². The minimum Gasteiger partial charge on any atom is -0.398 e. The summed E-state index contributed by atoms with van der Waals surface area (Å²) in [6.45, 7) is 3.14. The van der Waals surface area contributed by atoms with Crippen molar-refractivity contribution in [3.05, 3.63) is 90.2 Å². The number of nitrogen functional groups attached to an aromatic ring is 1. The van der Waals surface area contributed by atoms with Crippen LogP contribution >= 0.6 is 0 Å². The average molecular weight is 479 g/mol. The summed E-state index contributed by atoms with van der Waals surface area (Å²) in [5, 5.41) is 4.56. The number of carbonyl (C=O) groups is 2. The van der Waals surface area contributed by atoms with Gasteiger partial charge in [-0.05, 0) is 72.7 Å². The number of amides is 2. The monoisotopic (exact) mass is 478 g/mol. The number of anilines is 2. The number of aromatic nitrogens is 3. The number of nitrogens with one attached hydrogen (secondary N) is 1. The van der Waals surface area contributed by atoms with Crippen LogP contribution in [0, 0.1) is 6.92 Å². The molecule has 2 amide bonds. The van der Waals surface area contributed by atoms with Crippen LogP contribution in [0.5, 0.6) is 0 Å². The molecule has 0 spiro atoms. The van der Waals surface area contributed by atoms with Crippen LogP contribution in [0.4, 0.5) is 11.5 Å². The van der Waals surface area contributed by atoms with Gasteiger partial charge in [-0.3, -0.25) is 19.6 Å². The summed E-state index contributed by atoms with van der Waals surface area (Å²) in [6, 6.07) is 13.0. The molecule has 3 aromatic heterocycles. The predicted octanol–water partition coefficient (Wildman–Crippen LogP) is 4.38. The van der Waals surface area contributed by atoms with E-state index in [0.717, 1.165) is 33.0 Å². The van der Waals surface area contributed by atoms with E-state index in [1.54, 1.807) is 47.8 Å². The molecule has 1 fully saturated rings. The molecular weight excluding hydrogens is 452 g/mol. The molecule has 8 nitrogen and oxygen atoms in total. The SMILES string of the molecule is Cc1ccncc1-c1cc(N)c2cnc(NC(=O)C=C3CCN(C(=O)c4ccccn4)CC3)cc2c1. The zero-order chi connectivity index (χ0) is 25.1. The minimum atomic E-state index is -0.242. The first-order valence-electron chi connectivity index (χ1n) is 11.8. The number of nitrogens with two attached hydrogens (primary N) is 1. The van der Waals surface area contributed by atoms with Crippen LogP contribution in [0.1, 0.15) is 28.9 Å². The first-order valence-corrected chi connectivity index (χ1v) is 11.8. The van der Waals surface area contributed by atoms with Gasteiger partial charge in [0.15, 0.2) is 0 Å². The zero-order valence-corrected chi connectivity index (χ0v) is 19.9. The summed E-state index contributed by atoms with van der Waals surface area (Å²) in [5.41, 5.74) is 11.4. The van der Waals surface area contributed by atoms with Crippen LogP contribution in [0.3, 0.4) is 0 Å². The molecule has 0 radical (unpaired) electrons. The molecule has 8 heteroatoms. The van der Waals surface area contributed by atoms with Crippen molar-refractivity contribution in [2.45, 2.75) is 19.8 Å². The van der Waals surface area contributed by atoms with E-state index in [1.165, 1.54) is 0 Å². The summed E-state index contributed by atoms with van der Waals surface area (Å²) < 4.78 is 0. The van der Waals surface area contributed by atoms with Gasteiger partial charge in [0.1, 0.15) is 11.5 Å². The predicted molar refractivity (Wildman–Crippen MR) is 140 cm³/mol. The van der Waals surface area contributed by atoms with Crippen LogP contribution in [0.25, 0.3) is 21.9 Å². The van der Waals surface area contributed by atoms with E-state index in [4.69, 9.17) is 5.73 Å². The average Bonchev–Trinajstić information content (AvgIpc) is 2.89. The highest BCUT2D eigenvalue weighted by molar-refractivity contribution is 6.02. The Kier molecular flexibility index (Phi) is 6.40. The van der Waals surface area contributed by atoms with Gasteiger partial charge in [0, 0.05) is 60.6 Å². The fourth-order valence-corrected chi connectivity index (χ4v) is 4.42. The van der Waals surface area contributed by atoms with E-state index < -0.39 is 0 Å². The first kappa shape index (κ1) is 23.2. The maximum atomic E-state index is 12.7. The second-order valence-electron chi connectivity index (χ2n) is 8.85. The number of nitrogens with zero attached hydrogens (tertiary/aromatic N) is 4. The summed E-state index contributed by atoms with van der Waals surface area (Å²) in [5.74, 6) is 0.125. The molecule has 1 aliphatic rings. The van der Waals surface area contributed by atoms with Gasteiger partial charge in [0.2, 0.25) is 5.91 Å². The molecule has 0 saturated carbocycles. The Bertz CT molecular complexity index is 1470. The molecule has 1 aliphatic heterocycles. The quantitative estimate of drug-likeness (QED) is 0.332. The molecule has 180 valence electrons. The number of hydrogen-bond acceptors (Lipinski definition) is 6. The highest BCUT2D eigenvalue weighted by Crippen LogP contribution is 2.31. The maximum Gasteiger partial charge on any atom is 0.272 e. The lowest BCUT2D eigenvalue weighted by molar-refractivity contribution is -0.112. The van der Waals surface area contributed by atoms with Gasteiger partial charge in [-0.1, -0.05) is 11.6 Å². The van der Waals surface area contributed by atoms with Crippen LogP contribution in [-0.4, -0.2) is 44.8 Å². The van der Waals surface area contributed by atoms with Gasteiger partial charge >= 0.3 is 0 Å².